The molecule has 2 aromatic rings. The minimum Gasteiger partial charge on any atom is -0.477 e. The molecule has 3 rings (SSSR count). The van der Waals surface area contributed by atoms with E-state index in [2.05, 4.69) is 15.2 Å². The van der Waals surface area contributed by atoms with Gasteiger partial charge in [0, 0.05) is 38.6 Å². The summed E-state index contributed by atoms with van der Waals surface area (Å²) in [6, 6.07) is 2.69. The Morgan fingerprint density at radius 2 is 1.96 bits per heavy atom. The number of carboxylic acid groups (broad SMARTS) is 1. The van der Waals surface area contributed by atoms with Crippen molar-refractivity contribution in [1.29, 1.82) is 0 Å². The number of piperazine rings is 1. The Hall–Kier alpha value is -2.61. The van der Waals surface area contributed by atoms with Crippen molar-refractivity contribution in [2.45, 2.75) is 0 Å². The quantitative estimate of drug-likeness (QED) is 0.781. The van der Waals surface area contributed by atoms with Crippen LogP contribution in [0.4, 0.5) is 15.9 Å². The lowest BCUT2D eigenvalue weighted by Crippen LogP contribution is -2.44. The first-order valence-electron chi connectivity index (χ1n) is 7.66. The molecule has 1 aromatic heterocycles. The molecule has 0 saturated carbocycles. The molecule has 1 saturated heterocycles. The lowest BCUT2D eigenvalue weighted by Gasteiger charge is -2.34. The molecule has 0 atom stereocenters. The van der Waals surface area contributed by atoms with E-state index in [1.165, 1.54) is 7.05 Å². The van der Waals surface area contributed by atoms with Gasteiger partial charge in [0.15, 0.2) is 0 Å². The minimum absolute atomic E-state index is 0.0294. The summed E-state index contributed by atoms with van der Waals surface area (Å²) in [6.45, 7) is 3.03. The fourth-order valence-corrected chi connectivity index (χ4v) is 2.98. The summed E-state index contributed by atoms with van der Waals surface area (Å²) in [5, 5.41) is 11.9. The zero-order valence-electron chi connectivity index (χ0n) is 13.5. The number of aromatic carboxylic acids is 1. The SMILES string of the molecule is CNc1[nH]c2cc(N3CCN(C)CC3)c(F)cc2c(=O)c1C(=O)O. The molecule has 3 N–H and O–H groups in total. The number of rotatable bonds is 3. The highest BCUT2D eigenvalue weighted by molar-refractivity contribution is 5.98. The summed E-state index contributed by atoms with van der Waals surface area (Å²) < 4.78 is 14.5. The van der Waals surface area contributed by atoms with E-state index in [1.807, 2.05) is 11.9 Å². The summed E-state index contributed by atoms with van der Waals surface area (Å²) in [4.78, 5) is 30.7. The first-order valence-corrected chi connectivity index (χ1v) is 7.66. The molecule has 1 aliphatic heterocycles. The molecule has 24 heavy (non-hydrogen) atoms. The van der Waals surface area contributed by atoms with E-state index in [0.717, 1.165) is 19.2 Å². The number of pyridine rings is 1. The average molecular weight is 334 g/mol. The predicted octanol–water partition coefficient (Wildman–Crippen LogP) is 1.16. The maximum Gasteiger partial charge on any atom is 0.343 e. The Bertz CT molecular complexity index is 857. The highest BCUT2D eigenvalue weighted by atomic mass is 19.1. The second kappa shape index (κ2) is 6.12. The third kappa shape index (κ3) is 2.69. The van der Waals surface area contributed by atoms with Crippen LogP contribution in [0.2, 0.25) is 0 Å². The molecule has 0 aliphatic carbocycles. The number of nitrogens with one attached hydrogen (secondary N) is 2. The van der Waals surface area contributed by atoms with Crippen LogP contribution in [0, 0.1) is 5.82 Å². The number of halogens is 1. The van der Waals surface area contributed by atoms with E-state index in [-0.39, 0.29) is 11.2 Å². The van der Waals surface area contributed by atoms with Gasteiger partial charge in [-0.15, -0.1) is 0 Å². The molecular formula is C16H19FN4O3. The van der Waals surface area contributed by atoms with E-state index in [1.54, 1.807) is 6.07 Å². The van der Waals surface area contributed by atoms with Gasteiger partial charge in [-0.05, 0) is 19.2 Å². The molecule has 1 fully saturated rings. The van der Waals surface area contributed by atoms with Gasteiger partial charge in [-0.25, -0.2) is 9.18 Å². The summed E-state index contributed by atoms with van der Waals surface area (Å²) in [6.07, 6.45) is 0. The van der Waals surface area contributed by atoms with Crippen LogP contribution in [0.25, 0.3) is 10.9 Å². The largest absolute Gasteiger partial charge is 0.477 e. The molecule has 8 heteroatoms. The van der Waals surface area contributed by atoms with Crippen molar-refractivity contribution in [3.05, 3.63) is 33.7 Å². The van der Waals surface area contributed by atoms with Gasteiger partial charge < -0.3 is 25.2 Å². The monoisotopic (exact) mass is 334 g/mol. The van der Waals surface area contributed by atoms with Crippen LogP contribution in [-0.4, -0.2) is 61.2 Å². The van der Waals surface area contributed by atoms with Gasteiger partial charge in [-0.3, -0.25) is 4.79 Å². The van der Waals surface area contributed by atoms with Gasteiger partial charge in [0.2, 0.25) is 5.43 Å². The highest BCUT2D eigenvalue weighted by Gasteiger charge is 2.22. The molecule has 1 aliphatic rings. The normalized spacial score (nSPS) is 15.7. The second-order valence-corrected chi connectivity index (χ2v) is 5.90. The number of H-pyrrole nitrogens is 1. The fourth-order valence-electron chi connectivity index (χ4n) is 2.98. The van der Waals surface area contributed by atoms with E-state index in [0.29, 0.717) is 24.3 Å². The minimum atomic E-state index is -1.36. The third-order valence-corrected chi connectivity index (χ3v) is 4.38. The smallest absolute Gasteiger partial charge is 0.343 e. The van der Waals surface area contributed by atoms with Gasteiger partial charge >= 0.3 is 5.97 Å². The molecule has 0 bridgehead atoms. The number of carbonyl (C=O) groups is 1. The second-order valence-electron chi connectivity index (χ2n) is 5.90. The first-order chi connectivity index (χ1) is 11.4. The van der Waals surface area contributed by atoms with E-state index >= 15 is 0 Å². The van der Waals surface area contributed by atoms with Gasteiger partial charge in [0.1, 0.15) is 17.2 Å². The van der Waals surface area contributed by atoms with E-state index in [9.17, 15) is 19.1 Å². The zero-order chi connectivity index (χ0) is 17.4. The molecule has 0 amide bonds. The zero-order valence-corrected chi connectivity index (χ0v) is 13.5. The number of nitrogens with zero attached hydrogens (tertiary/aromatic N) is 2. The summed E-state index contributed by atoms with van der Waals surface area (Å²) >= 11 is 0. The Balaban J connectivity index is 2.16. The topological polar surface area (TPSA) is 88.7 Å². The Labute approximate surface area is 137 Å². The average Bonchev–Trinajstić information content (AvgIpc) is 2.55. The van der Waals surface area contributed by atoms with Crippen molar-refractivity contribution in [2.75, 3.05) is 50.5 Å². The Morgan fingerprint density at radius 1 is 1.29 bits per heavy atom. The maximum atomic E-state index is 14.5. The molecular weight excluding hydrogens is 315 g/mol. The van der Waals surface area contributed by atoms with Crippen molar-refractivity contribution in [3.8, 4) is 0 Å². The van der Waals surface area contributed by atoms with Crippen LogP contribution < -0.4 is 15.6 Å². The summed E-state index contributed by atoms with van der Waals surface area (Å²) in [5.41, 5.74) is -0.303. The van der Waals surface area contributed by atoms with Crippen molar-refractivity contribution >= 4 is 28.4 Å². The van der Waals surface area contributed by atoms with Crippen molar-refractivity contribution in [2.24, 2.45) is 0 Å². The van der Waals surface area contributed by atoms with Crippen molar-refractivity contribution < 1.29 is 14.3 Å². The first kappa shape index (κ1) is 16.3. The van der Waals surface area contributed by atoms with Crippen LogP contribution >= 0.6 is 0 Å². The molecule has 2 heterocycles. The number of carboxylic acids is 1. The van der Waals surface area contributed by atoms with Crippen LogP contribution in [0.15, 0.2) is 16.9 Å². The number of anilines is 2. The molecule has 0 unspecified atom stereocenters. The van der Waals surface area contributed by atoms with Gasteiger partial charge in [0.25, 0.3) is 0 Å². The molecule has 128 valence electrons. The number of hydrogen-bond acceptors (Lipinski definition) is 5. The van der Waals surface area contributed by atoms with Crippen molar-refractivity contribution in [1.82, 2.24) is 9.88 Å². The third-order valence-electron chi connectivity index (χ3n) is 4.38. The van der Waals surface area contributed by atoms with Gasteiger partial charge in [-0.2, -0.15) is 0 Å². The molecule has 0 spiro atoms. The van der Waals surface area contributed by atoms with Gasteiger partial charge in [0.05, 0.1) is 11.2 Å². The van der Waals surface area contributed by atoms with Gasteiger partial charge in [-0.1, -0.05) is 0 Å². The maximum absolute atomic E-state index is 14.5. The van der Waals surface area contributed by atoms with Crippen LogP contribution in [0.3, 0.4) is 0 Å². The number of aromatic nitrogens is 1. The standard InChI is InChI=1S/C16H19FN4O3/c1-18-15-13(16(23)24)14(22)9-7-10(17)12(8-11(9)19-15)21-5-3-20(2)4-6-21/h7-8H,3-6H2,1-2H3,(H,23,24)(H2,18,19,22). The molecule has 0 radical (unpaired) electrons. The number of hydrogen-bond donors (Lipinski definition) is 3. The highest BCUT2D eigenvalue weighted by Crippen LogP contribution is 2.26. The molecule has 7 nitrogen and oxygen atoms in total. The number of fused-ring (bicyclic) bond motifs is 1. The van der Waals surface area contributed by atoms with Crippen molar-refractivity contribution in [3.63, 3.8) is 0 Å². The van der Waals surface area contributed by atoms with Crippen LogP contribution in [0.5, 0.6) is 0 Å². The lowest BCUT2D eigenvalue weighted by molar-refractivity contribution is 0.0696. The number of aromatic amines is 1. The van der Waals surface area contributed by atoms with Crippen LogP contribution in [-0.2, 0) is 0 Å². The Kier molecular flexibility index (Phi) is 4.15. The fraction of sp³-hybridized carbons (Fsp3) is 0.375. The number of likely N-dealkylation sites (N-methyl/N-ethyl adjacent to an activating group) is 1. The predicted molar refractivity (Wildman–Crippen MR) is 90.7 cm³/mol. The molecule has 1 aromatic carbocycles. The lowest BCUT2D eigenvalue weighted by atomic mass is 10.1. The Morgan fingerprint density at radius 3 is 2.54 bits per heavy atom. The van der Waals surface area contributed by atoms with E-state index < -0.39 is 22.8 Å². The summed E-state index contributed by atoms with van der Waals surface area (Å²) in [5.74, 6) is -1.77. The van der Waals surface area contributed by atoms with Crippen LogP contribution in [0.1, 0.15) is 10.4 Å². The number of benzene rings is 1. The van der Waals surface area contributed by atoms with E-state index in [4.69, 9.17) is 0 Å². The summed E-state index contributed by atoms with van der Waals surface area (Å²) in [7, 11) is 3.53.